The van der Waals surface area contributed by atoms with Gasteiger partial charge in [-0.3, -0.25) is 14.4 Å². The number of carbonyl (C=O) groups is 1. The Morgan fingerprint density at radius 2 is 2.04 bits per heavy atom. The van der Waals surface area contributed by atoms with Crippen LogP contribution in [0.5, 0.6) is 0 Å². The van der Waals surface area contributed by atoms with Gasteiger partial charge >= 0.3 is 0 Å². The summed E-state index contributed by atoms with van der Waals surface area (Å²) in [6, 6.07) is 7.32. The number of rotatable bonds is 7. The van der Waals surface area contributed by atoms with Crippen molar-refractivity contribution in [1.82, 2.24) is 15.4 Å². The van der Waals surface area contributed by atoms with Crippen LogP contribution in [0.2, 0.25) is 0 Å². The highest BCUT2D eigenvalue weighted by atomic mass is 32.2. The number of benzene rings is 1. The number of amides is 1. The minimum Gasteiger partial charge on any atom is -0.379 e. The number of hydrogen-bond acceptors (Lipinski definition) is 7. The van der Waals surface area contributed by atoms with Crippen molar-refractivity contribution in [3.8, 4) is 0 Å². The molecule has 1 amide bonds. The van der Waals surface area contributed by atoms with Gasteiger partial charge in [0, 0.05) is 37.8 Å². The lowest BCUT2D eigenvalue weighted by Gasteiger charge is -2.26. The Morgan fingerprint density at radius 1 is 1.26 bits per heavy atom. The molecule has 0 saturated carbocycles. The van der Waals surface area contributed by atoms with Gasteiger partial charge in [0.15, 0.2) is 5.82 Å². The first-order valence-corrected chi connectivity index (χ1v) is 10.1. The van der Waals surface area contributed by atoms with Crippen LogP contribution in [0.1, 0.15) is 16.1 Å². The molecule has 1 aromatic heterocycles. The summed E-state index contributed by atoms with van der Waals surface area (Å²) in [6.07, 6.45) is 0. The monoisotopic (exact) mass is 394 g/mol. The predicted molar refractivity (Wildman–Crippen MR) is 98.1 cm³/mol. The number of aromatic nitrogens is 1. The molecular weight excluding hydrogens is 372 g/mol. The molecule has 0 atom stereocenters. The van der Waals surface area contributed by atoms with Gasteiger partial charge in [0.2, 0.25) is 0 Å². The lowest BCUT2D eigenvalue weighted by atomic mass is 10.2. The van der Waals surface area contributed by atoms with Crippen LogP contribution >= 0.6 is 0 Å². The van der Waals surface area contributed by atoms with Gasteiger partial charge in [0.25, 0.3) is 15.9 Å². The SMILES string of the molecule is Cc1cc(NS(=O)(=O)c2cccc(C(=O)NCCN3CCOCC3)c2)no1. The predicted octanol–water partition coefficient (Wildman–Crippen LogP) is 0.846. The number of nitrogens with one attached hydrogen (secondary N) is 2. The Morgan fingerprint density at radius 3 is 2.74 bits per heavy atom. The number of ether oxygens (including phenoxy) is 1. The van der Waals surface area contributed by atoms with Crippen molar-refractivity contribution >= 4 is 21.7 Å². The fourth-order valence-corrected chi connectivity index (χ4v) is 3.70. The summed E-state index contributed by atoms with van der Waals surface area (Å²) < 4.78 is 37.4. The van der Waals surface area contributed by atoms with Gasteiger partial charge in [-0.05, 0) is 25.1 Å². The molecule has 1 aliphatic rings. The quantitative estimate of drug-likeness (QED) is 0.715. The van der Waals surface area contributed by atoms with Crippen LogP contribution in [0.15, 0.2) is 39.8 Å². The molecule has 1 aromatic carbocycles. The van der Waals surface area contributed by atoms with E-state index in [1.807, 2.05) is 0 Å². The second-order valence-corrected chi connectivity index (χ2v) is 7.85. The first kappa shape index (κ1) is 19.3. The van der Waals surface area contributed by atoms with Crippen LogP contribution < -0.4 is 10.0 Å². The molecule has 2 heterocycles. The van der Waals surface area contributed by atoms with Gasteiger partial charge in [-0.25, -0.2) is 8.42 Å². The molecule has 27 heavy (non-hydrogen) atoms. The van der Waals surface area contributed by atoms with Crippen LogP contribution in [0, 0.1) is 6.92 Å². The third-order valence-electron chi connectivity index (χ3n) is 4.09. The maximum absolute atomic E-state index is 12.5. The number of anilines is 1. The molecule has 0 unspecified atom stereocenters. The molecule has 2 N–H and O–H groups in total. The summed E-state index contributed by atoms with van der Waals surface area (Å²) in [5.41, 5.74) is 0.274. The molecule has 3 rings (SSSR count). The van der Waals surface area contributed by atoms with Gasteiger partial charge < -0.3 is 14.6 Å². The summed E-state index contributed by atoms with van der Waals surface area (Å²) in [6.45, 7) is 5.95. The van der Waals surface area contributed by atoms with Crippen LogP contribution in [-0.2, 0) is 14.8 Å². The average Bonchev–Trinajstić information content (AvgIpc) is 3.06. The summed E-state index contributed by atoms with van der Waals surface area (Å²) in [5, 5.41) is 6.42. The summed E-state index contributed by atoms with van der Waals surface area (Å²) in [4.78, 5) is 14.5. The van der Waals surface area contributed by atoms with E-state index in [-0.39, 0.29) is 22.2 Å². The largest absolute Gasteiger partial charge is 0.379 e. The third-order valence-corrected chi connectivity index (χ3v) is 5.44. The average molecular weight is 394 g/mol. The van der Waals surface area contributed by atoms with E-state index >= 15 is 0 Å². The minimum absolute atomic E-state index is 0.0241. The minimum atomic E-state index is -3.87. The van der Waals surface area contributed by atoms with Crippen molar-refractivity contribution in [3.63, 3.8) is 0 Å². The molecule has 0 spiro atoms. The fourth-order valence-electron chi connectivity index (χ4n) is 2.67. The third kappa shape index (κ3) is 5.28. The molecule has 2 aromatic rings. The van der Waals surface area contributed by atoms with E-state index in [0.29, 0.717) is 25.5 Å². The number of nitrogens with zero attached hydrogens (tertiary/aromatic N) is 2. The topological polar surface area (TPSA) is 114 Å². The number of sulfonamides is 1. The zero-order valence-corrected chi connectivity index (χ0v) is 15.8. The number of hydrogen-bond donors (Lipinski definition) is 2. The van der Waals surface area contributed by atoms with Crippen LogP contribution in [0.3, 0.4) is 0 Å². The Labute approximate surface area is 157 Å². The van der Waals surface area contributed by atoms with E-state index in [4.69, 9.17) is 9.26 Å². The molecule has 10 heteroatoms. The number of aryl methyl sites for hydroxylation is 1. The van der Waals surface area contributed by atoms with Gasteiger partial charge in [-0.15, -0.1) is 0 Å². The highest BCUT2D eigenvalue weighted by Crippen LogP contribution is 2.17. The highest BCUT2D eigenvalue weighted by Gasteiger charge is 2.18. The second-order valence-electron chi connectivity index (χ2n) is 6.17. The maximum atomic E-state index is 12.5. The van der Waals surface area contributed by atoms with Crippen molar-refractivity contribution in [2.24, 2.45) is 0 Å². The first-order chi connectivity index (χ1) is 12.9. The Hall–Kier alpha value is -2.43. The number of morpholine rings is 1. The Balaban J connectivity index is 1.61. The summed E-state index contributed by atoms with van der Waals surface area (Å²) in [5.74, 6) is 0.256. The van der Waals surface area contributed by atoms with E-state index in [9.17, 15) is 13.2 Å². The molecule has 0 aliphatic carbocycles. The molecule has 146 valence electrons. The van der Waals surface area contributed by atoms with Gasteiger partial charge in [-0.2, -0.15) is 0 Å². The first-order valence-electron chi connectivity index (χ1n) is 8.58. The fraction of sp³-hybridized carbons (Fsp3) is 0.412. The smallest absolute Gasteiger partial charge is 0.263 e. The lowest BCUT2D eigenvalue weighted by Crippen LogP contribution is -2.41. The van der Waals surface area contributed by atoms with E-state index < -0.39 is 10.0 Å². The summed E-state index contributed by atoms with van der Waals surface area (Å²) >= 11 is 0. The van der Waals surface area contributed by atoms with Gasteiger partial charge in [0.05, 0.1) is 18.1 Å². The normalized spacial score (nSPS) is 15.4. The molecular formula is C17H22N4O5S. The highest BCUT2D eigenvalue weighted by molar-refractivity contribution is 7.92. The van der Waals surface area contributed by atoms with Crippen LogP contribution in [-0.4, -0.2) is 63.8 Å². The van der Waals surface area contributed by atoms with Crippen LogP contribution in [0.25, 0.3) is 0 Å². The van der Waals surface area contributed by atoms with Crippen molar-refractivity contribution in [1.29, 1.82) is 0 Å². The van der Waals surface area contributed by atoms with E-state index in [2.05, 4.69) is 20.1 Å². The van der Waals surface area contributed by atoms with Crippen molar-refractivity contribution < 1.29 is 22.5 Å². The molecule has 0 radical (unpaired) electrons. The van der Waals surface area contributed by atoms with E-state index in [0.717, 1.165) is 19.6 Å². The molecule has 0 bridgehead atoms. The van der Waals surface area contributed by atoms with E-state index in [1.54, 1.807) is 13.0 Å². The van der Waals surface area contributed by atoms with Crippen molar-refractivity contribution in [2.75, 3.05) is 44.1 Å². The van der Waals surface area contributed by atoms with Crippen molar-refractivity contribution in [3.05, 3.63) is 41.7 Å². The van der Waals surface area contributed by atoms with Gasteiger partial charge in [0.1, 0.15) is 5.76 Å². The Bertz CT molecular complexity index is 890. The molecule has 1 aliphatic heterocycles. The lowest BCUT2D eigenvalue weighted by molar-refractivity contribution is 0.0383. The van der Waals surface area contributed by atoms with Crippen LogP contribution in [0.4, 0.5) is 5.82 Å². The maximum Gasteiger partial charge on any atom is 0.263 e. The zero-order valence-electron chi connectivity index (χ0n) is 15.0. The molecule has 1 saturated heterocycles. The van der Waals surface area contributed by atoms with Gasteiger partial charge in [-0.1, -0.05) is 11.2 Å². The summed E-state index contributed by atoms with van der Waals surface area (Å²) in [7, 11) is -3.87. The standard InChI is InChI=1S/C17H22N4O5S/c1-13-11-16(19-26-13)20-27(23,24)15-4-2-3-14(12-15)17(22)18-5-6-21-7-9-25-10-8-21/h2-4,11-12H,5-10H2,1H3,(H,18,22)(H,19,20). The number of carbonyl (C=O) groups excluding carboxylic acids is 1. The van der Waals surface area contributed by atoms with E-state index in [1.165, 1.54) is 24.3 Å². The zero-order chi connectivity index (χ0) is 19.3. The second kappa shape index (κ2) is 8.51. The molecule has 1 fully saturated rings. The molecule has 9 nitrogen and oxygen atoms in total. The Kier molecular flexibility index (Phi) is 6.09. The van der Waals surface area contributed by atoms with Crippen molar-refractivity contribution in [2.45, 2.75) is 11.8 Å².